The molecule has 2 fully saturated rings. The average molecular weight is 259 g/mol. The molecule has 2 N–H and O–H groups in total. The summed E-state index contributed by atoms with van der Waals surface area (Å²) in [5, 5.41) is 12.0. The fraction of sp³-hybridized carbons (Fsp3) is 0.818. The predicted molar refractivity (Wildman–Crippen MR) is 64.0 cm³/mol. The standard InChI is InChI=1S/C11H17NO4S/c13-9(8-2-1-4-16-6-8)12-11(10(14)15)3-5-17-7-11/h8H,1-7H2,(H,12,13)(H,14,15)/t8-,11+/m0/s1. The number of amides is 1. The molecule has 0 aromatic rings. The van der Waals surface area contributed by atoms with E-state index in [-0.39, 0.29) is 11.8 Å². The zero-order valence-electron chi connectivity index (χ0n) is 9.61. The molecule has 1 amide bonds. The smallest absolute Gasteiger partial charge is 0.330 e. The number of thioether (sulfide) groups is 1. The second-order valence-corrected chi connectivity index (χ2v) is 5.70. The highest BCUT2D eigenvalue weighted by Crippen LogP contribution is 2.29. The van der Waals surface area contributed by atoms with Crippen LogP contribution < -0.4 is 5.32 Å². The van der Waals surface area contributed by atoms with E-state index >= 15 is 0 Å². The second kappa shape index (κ2) is 5.27. The van der Waals surface area contributed by atoms with Gasteiger partial charge in [-0.3, -0.25) is 4.79 Å². The second-order valence-electron chi connectivity index (χ2n) is 4.59. The summed E-state index contributed by atoms with van der Waals surface area (Å²) in [6.07, 6.45) is 2.16. The molecule has 0 aliphatic carbocycles. The first-order chi connectivity index (χ1) is 8.14. The van der Waals surface area contributed by atoms with Crippen molar-refractivity contribution in [2.45, 2.75) is 24.8 Å². The van der Waals surface area contributed by atoms with Crippen LogP contribution in [0.15, 0.2) is 0 Å². The number of rotatable bonds is 3. The molecule has 17 heavy (non-hydrogen) atoms. The summed E-state index contributed by atoms with van der Waals surface area (Å²) < 4.78 is 5.25. The Hall–Kier alpha value is -0.750. The van der Waals surface area contributed by atoms with E-state index in [0.717, 1.165) is 18.6 Å². The lowest BCUT2D eigenvalue weighted by Crippen LogP contribution is -2.56. The Labute approximate surface area is 104 Å². The minimum absolute atomic E-state index is 0.172. The Morgan fingerprint density at radius 1 is 1.47 bits per heavy atom. The summed E-state index contributed by atoms with van der Waals surface area (Å²) in [5.74, 6) is -0.0391. The normalized spacial score (nSPS) is 33.3. The van der Waals surface area contributed by atoms with Crippen LogP contribution >= 0.6 is 11.8 Å². The van der Waals surface area contributed by atoms with Crippen molar-refractivity contribution in [1.29, 1.82) is 0 Å². The summed E-state index contributed by atoms with van der Waals surface area (Å²) >= 11 is 1.57. The summed E-state index contributed by atoms with van der Waals surface area (Å²) in [5.41, 5.74) is -1.06. The lowest BCUT2D eigenvalue weighted by molar-refractivity contribution is -0.148. The molecule has 0 aromatic carbocycles. The summed E-state index contributed by atoms with van der Waals surface area (Å²) in [6.45, 7) is 1.11. The first kappa shape index (κ1) is 12.7. The van der Waals surface area contributed by atoms with E-state index in [1.165, 1.54) is 0 Å². The van der Waals surface area contributed by atoms with Crippen LogP contribution in [0.3, 0.4) is 0 Å². The van der Waals surface area contributed by atoms with Crippen LogP contribution in [-0.2, 0) is 14.3 Å². The predicted octanol–water partition coefficient (Wildman–Crippen LogP) is 0.489. The van der Waals surface area contributed by atoms with Gasteiger partial charge in [0.15, 0.2) is 0 Å². The zero-order valence-corrected chi connectivity index (χ0v) is 10.4. The monoisotopic (exact) mass is 259 g/mol. The topological polar surface area (TPSA) is 75.6 Å². The maximum Gasteiger partial charge on any atom is 0.330 e. The lowest BCUT2D eigenvalue weighted by Gasteiger charge is -2.28. The highest BCUT2D eigenvalue weighted by atomic mass is 32.2. The number of carbonyl (C=O) groups excluding carboxylic acids is 1. The van der Waals surface area contributed by atoms with Crippen LogP contribution in [0.5, 0.6) is 0 Å². The van der Waals surface area contributed by atoms with Crippen LogP contribution in [-0.4, -0.2) is 47.2 Å². The SMILES string of the molecule is O=C(N[C@]1(C(=O)O)CCSC1)[C@H]1CCCOC1. The Bertz CT molecular complexity index is 309. The van der Waals surface area contributed by atoms with Crippen LogP contribution in [0.4, 0.5) is 0 Å². The molecule has 0 saturated carbocycles. The number of aliphatic carboxylic acids is 1. The van der Waals surface area contributed by atoms with Crippen LogP contribution in [0.1, 0.15) is 19.3 Å². The highest BCUT2D eigenvalue weighted by molar-refractivity contribution is 7.99. The number of carbonyl (C=O) groups is 2. The van der Waals surface area contributed by atoms with Gasteiger partial charge in [-0.2, -0.15) is 11.8 Å². The highest BCUT2D eigenvalue weighted by Gasteiger charge is 2.44. The van der Waals surface area contributed by atoms with Crippen molar-refractivity contribution in [3.63, 3.8) is 0 Å². The van der Waals surface area contributed by atoms with Gasteiger partial charge in [-0.1, -0.05) is 0 Å². The molecule has 2 saturated heterocycles. The molecule has 6 heteroatoms. The van der Waals surface area contributed by atoms with Crippen molar-refractivity contribution < 1.29 is 19.4 Å². The van der Waals surface area contributed by atoms with E-state index in [9.17, 15) is 14.7 Å². The molecule has 2 heterocycles. The van der Waals surface area contributed by atoms with Gasteiger partial charge in [0.05, 0.1) is 12.5 Å². The number of ether oxygens (including phenoxy) is 1. The summed E-state index contributed by atoms with van der Waals surface area (Å²) in [6, 6.07) is 0. The van der Waals surface area contributed by atoms with Crippen LogP contribution in [0, 0.1) is 5.92 Å². The van der Waals surface area contributed by atoms with E-state index in [1.54, 1.807) is 11.8 Å². The van der Waals surface area contributed by atoms with Gasteiger partial charge in [0.2, 0.25) is 5.91 Å². The van der Waals surface area contributed by atoms with E-state index in [4.69, 9.17) is 4.74 Å². The van der Waals surface area contributed by atoms with Crippen LogP contribution in [0.2, 0.25) is 0 Å². The molecule has 2 aliphatic heterocycles. The Kier molecular flexibility index (Phi) is 3.93. The first-order valence-corrected chi connectivity index (χ1v) is 7.00. The van der Waals surface area contributed by atoms with Crippen molar-refractivity contribution in [3.05, 3.63) is 0 Å². The average Bonchev–Trinajstić information content (AvgIpc) is 2.80. The van der Waals surface area contributed by atoms with Crippen molar-refractivity contribution >= 4 is 23.6 Å². The van der Waals surface area contributed by atoms with Gasteiger partial charge in [0.1, 0.15) is 5.54 Å². The zero-order chi connectivity index (χ0) is 12.3. The van der Waals surface area contributed by atoms with Crippen molar-refractivity contribution in [3.8, 4) is 0 Å². The maximum atomic E-state index is 12.0. The number of carboxylic acids is 1. The number of nitrogens with one attached hydrogen (secondary N) is 1. The number of carboxylic acid groups (broad SMARTS) is 1. The molecule has 0 radical (unpaired) electrons. The van der Waals surface area contributed by atoms with E-state index in [0.29, 0.717) is 25.4 Å². The molecule has 2 atom stereocenters. The number of hydrogen-bond donors (Lipinski definition) is 2. The van der Waals surface area contributed by atoms with Crippen molar-refractivity contribution in [2.24, 2.45) is 5.92 Å². The van der Waals surface area contributed by atoms with Crippen LogP contribution in [0.25, 0.3) is 0 Å². The minimum Gasteiger partial charge on any atom is -0.479 e. The molecule has 0 unspecified atom stereocenters. The first-order valence-electron chi connectivity index (χ1n) is 5.85. The Morgan fingerprint density at radius 2 is 2.29 bits per heavy atom. The van der Waals surface area contributed by atoms with Gasteiger partial charge in [-0.15, -0.1) is 0 Å². The van der Waals surface area contributed by atoms with Gasteiger partial charge in [0, 0.05) is 12.4 Å². The van der Waals surface area contributed by atoms with E-state index in [1.807, 2.05) is 0 Å². The Morgan fingerprint density at radius 3 is 2.82 bits per heavy atom. The molecule has 2 rings (SSSR count). The molecule has 2 aliphatic rings. The molecule has 0 spiro atoms. The summed E-state index contributed by atoms with van der Waals surface area (Å²) in [7, 11) is 0. The minimum atomic E-state index is -1.06. The van der Waals surface area contributed by atoms with Gasteiger partial charge in [-0.25, -0.2) is 4.79 Å². The summed E-state index contributed by atoms with van der Waals surface area (Å²) in [4.78, 5) is 23.3. The maximum absolute atomic E-state index is 12.0. The molecule has 0 aromatic heterocycles. The van der Waals surface area contributed by atoms with E-state index < -0.39 is 11.5 Å². The van der Waals surface area contributed by atoms with Gasteiger partial charge < -0.3 is 15.2 Å². The number of hydrogen-bond acceptors (Lipinski definition) is 4. The molecule has 0 bridgehead atoms. The largest absolute Gasteiger partial charge is 0.479 e. The lowest BCUT2D eigenvalue weighted by atomic mass is 9.95. The quantitative estimate of drug-likeness (QED) is 0.771. The van der Waals surface area contributed by atoms with E-state index in [2.05, 4.69) is 5.32 Å². The fourth-order valence-corrected chi connectivity index (χ4v) is 3.50. The molecule has 5 nitrogen and oxygen atoms in total. The van der Waals surface area contributed by atoms with Crippen molar-refractivity contribution in [2.75, 3.05) is 24.7 Å². The van der Waals surface area contributed by atoms with Gasteiger partial charge >= 0.3 is 5.97 Å². The Balaban J connectivity index is 1.98. The molecular formula is C11H17NO4S. The third kappa shape index (κ3) is 2.74. The third-order valence-corrected chi connectivity index (χ3v) is 4.51. The van der Waals surface area contributed by atoms with Gasteiger partial charge in [0.25, 0.3) is 0 Å². The van der Waals surface area contributed by atoms with Gasteiger partial charge in [-0.05, 0) is 25.0 Å². The fourth-order valence-electron chi connectivity index (χ4n) is 2.17. The molecule has 96 valence electrons. The van der Waals surface area contributed by atoms with Crippen molar-refractivity contribution in [1.82, 2.24) is 5.32 Å². The molecular weight excluding hydrogens is 242 g/mol. The third-order valence-electron chi connectivity index (χ3n) is 3.32.